The molecule has 152 valence electrons. The van der Waals surface area contributed by atoms with Crippen LogP contribution in [-0.2, 0) is 26.2 Å². The Balaban J connectivity index is 1.82. The van der Waals surface area contributed by atoms with E-state index in [-0.39, 0.29) is 12.4 Å². The summed E-state index contributed by atoms with van der Waals surface area (Å²) in [6, 6.07) is 4.26. The number of esters is 1. The van der Waals surface area contributed by atoms with Gasteiger partial charge in [0.1, 0.15) is 18.2 Å². The van der Waals surface area contributed by atoms with Crippen LogP contribution in [0.1, 0.15) is 42.9 Å². The Morgan fingerprint density at radius 2 is 2.07 bits per heavy atom. The highest BCUT2D eigenvalue weighted by atomic mass is 32.2. The molecule has 7 nitrogen and oxygen atoms in total. The summed E-state index contributed by atoms with van der Waals surface area (Å²) in [4.78, 5) is 24.5. The van der Waals surface area contributed by atoms with Crippen molar-refractivity contribution in [2.45, 2.75) is 52.7 Å². The molecule has 2 aromatic rings. The number of ether oxygens (including phenoxy) is 1. The smallest absolute Gasteiger partial charge is 0.336 e. The lowest BCUT2D eigenvalue weighted by Crippen LogP contribution is -2.42. The number of carbonyl (C=O) groups is 1. The van der Waals surface area contributed by atoms with Crippen molar-refractivity contribution in [2.75, 3.05) is 12.3 Å². The lowest BCUT2D eigenvalue weighted by molar-refractivity contribution is -0.148. The number of aryl methyl sites for hydroxylation is 2. The van der Waals surface area contributed by atoms with Gasteiger partial charge >= 0.3 is 11.6 Å². The maximum absolute atomic E-state index is 12.6. The van der Waals surface area contributed by atoms with Crippen LogP contribution in [0.5, 0.6) is 0 Å². The molecule has 0 aliphatic carbocycles. The van der Waals surface area contributed by atoms with E-state index in [1.165, 1.54) is 10.4 Å². The number of hydrogen-bond acceptors (Lipinski definition) is 6. The molecule has 3 rings (SSSR count). The Kier molecular flexibility index (Phi) is 5.90. The Bertz CT molecular complexity index is 1060. The molecule has 2 heterocycles. The van der Waals surface area contributed by atoms with Gasteiger partial charge in [0.25, 0.3) is 0 Å². The first-order chi connectivity index (χ1) is 13.2. The van der Waals surface area contributed by atoms with Gasteiger partial charge in [-0.25, -0.2) is 13.2 Å². The van der Waals surface area contributed by atoms with Crippen LogP contribution in [-0.4, -0.2) is 37.0 Å². The molecule has 0 spiro atoms. The highest BCUT2D eigenvalue weighted by molar-refractivity contribution is 7.89. The second kappa shape index (κ2) is 8.05. The third kappa shape index (κ3) is 3.98. The van der Waals surface area contributed by atoms with Crippen molar-refractivity contribution < 1.29 is 22.4 Å². The zero-order valence-corrected chi connectivity index (χ0v) is 17.2. The van der Waals surface area contributed by atoms with Crippen LogP contribution in [0.15, 0.2) is 27.4 Å². The summed E-state index contributed by atoms with van der Waals surface area (Å²) >= 11 is 0. The molecule has 1 aromatic heterocycles. The van der Waals surface area contributed by atoms with E-state index in [9.17, 15) is 18.0 Å². The van der Waals surface area contributed by atoms with Gasteiger partial charge in [-0.3, -0.25) is 4.79 Å². The van der Waals surface area contributed by atoms with Gasteiger partial charge in [0.05, 0.1) is 5.75 Å². The van der Waals surface area contributed by atoms with Crippen molar-refractivity contribution in [3.8, 4) is 0 Å². The molecule has 0 bridgehead atoms. The quantitative estimate of drug-likeness (QED) is 0.540. The predicted octanol–water partition coefficient (Wildman–Crippen LogP) is 2.66. The number of nitrogens with zero attached hydrogens (tertiary/aromatic N) is 1. The summed E-state index contributed by atoms with van der Waals surface area (Å²) in [5.41, 5.74) is 2.36. The lowest BCUT2D eigenvalue weighted by atomic mass is 10.0. The van der Waals surface area contributed by atoms with Crippen molar-refractivity contribution in [3.63, 3.8) is 0 Å². The van der Waals surface area contributed by atoms with Crippen molar-refractivity contribution in [1.29, 1.82) is 0 Å². The van der Waals surface area contributed by atoms with E-state index in [0.29, 0.717) is 42.3 Å². The minimum Gasteiger partial charge on any atom is -0.460 e. The molecule has 0 radical (unpaired) electrons. The molecule has 1 aliphatic heterocycles. The molecule has 1 aliphatic rings. The average Bonchev–Trinajstić information content (AvgIpc) is 3.14. The summed E-state index contributed by atoms with van der Waals surface area (Å²) in [7, 11) is -3.47. The topological polar surface area (TPSA) is 93.9 Å². The van der Waals surface area contributed by atoms with Crippen molar-refractivity contribution in [2.24, 2.45) is 0 Å². The predicted molar refractivity (Wildman–Crippen MR) is 106 cm³/mol. The summed E-state index contributed by atoms with van der Waals surface area (Å²) in [5, 5.41) is 0.706. The number of rotatable bonds is 6. The average molecular weight is 407 g/mol. The van der Waals surface area contributed by atoms with E-state index >= 15 is 0 Å². The molecule has 1 saturated heterocycles. The molecule has 8 heteroatoms. The Morgan fingerprint density at radius 1 is 1.32 bits per heavy atom. The Morgan fingerprint density at radius 3 is 2.79 bits per heavy atom. The maximum atomic E-state index is 12.6. The Labute approximate surface area is 164 Å². The van der Waals surface area contributed by atoms with Gasteiger partial charge in [-0.05, 0) is 44.2 Å². The fourth-order valence-electron chi connectivity index (χ4n) is 3.57. The van der Waals surface area contributed by atoms with Gasteiger partial charge in [-0.1, -0.05) is 19.1 Å². The van der Waals surface area contributed by atoms with E-state index in [2.05, 4.69) is 0 Å². The van der Waals surface area contributed by atoms with E-state index in [4.69, 9.17) is 9.15 Å². The monoisotopic (exact) mass is 407 g/mol. The second-order valence-corrected chi connectivity index (χ2v) is 9.21. The summed E-state index contributed by atoms with van der Waals surface area (Å²) in [6.07, 6.45) is 1.56. The van der Waals surface area contributed by atoms with Crippen molar-refractivity contribution in [1.82, 2.24) is 4.31 Å². The minimum absolute atomic E-state index is 0.0137. The van der Waals surface area contributed by atoms with E-state index < -0.39 is 27.7 Å². The van der Waals surface area contributed by atoms with Gasteiger partial charge in [-0.2, -0.15) is 4.31 Å². The largest absolute Gasteiger partial charge is 0.460 e. The van der Waals surface area contributed by atoms with Crippen LogP contribution in [0.4, 0.5) is 0 Å². The normalized spacial score (nSPS) is 17.9. The van der Waals surface area contributed by atoms with Gasteiger partial charge in [0.15, 0.2) is 0 Å². The lowest BCUT2D eigenvalue weighted by Gasteiger charge is -2.22. The summed E-state index contributed by atoms with van der Waals surface area (Å²) in [5.74, 6) is -0.567. The van der Waals surface area contributed by atoms with Gasteiger partial charge in [0, 0.05) is 23.6 Å². The molecule has 28 heavy (non-hydrogen) atoms. The molecule has 1 aromatic carbocycles. The highest BCUT2D eigenvalue weighted by Crippen LogP contribution is 2.26. The minimum atomic E-state index is -3.47. The number of fused-ring (bicyclic) bond motifs is 1. The summed E-state index contributed by atoms with van der Waals surface area (Å²) in [6.45, 7) is 5.80. The van der Waals surface area contributed by atoms with Crippen LogP contribution in [0.2, 0.25) is 0 Å². The highest BCUT2D eigenvalue weighted by Gasteiger charge is 2.39. The van der Waals surface area contributed by atoms with Crippen LogP contribution in [0, 0.1) is 13.8 Å². The van der Waals surface area contributed by atoms with Crippen LogP contribution in [0.3, 0.4) is 0 Å². The zero-order chi connectivity index (χ0) is 20.5. The first-order valence-electron chi connectivity index (χ1n) is 9.43. The summed E-state index contributed by atoms with van der Waals surface area (Å²) < 4.78 is 36.8. The van der Waals surface area contributed by atoms with Gasteiger partial charge in [-0.15, -0.1) is 0 Å². The molecule has 1 atom stereocenters. The van der Waals surface area contributed by atoms with Crippen LogP contribution in [0.25, 0.3) is 11.0 Å². The second-order valence-electron chi connectivity index (χ2n) is 7.17. The first-order valence-corrected chi connectivity index (χ1v) is 11.0. The number of carbonyl (C=O) groups excluding carboxylic acids is 1. The van der Waals surface area contributed by atoms with Crippen LogP contribution >= 0.6 is 0 Å². The fraction of sp³-hybridized carbons (Fsp3) is 0.500. The Hall–Kier alpha value is -2.19. The van der Waals surface area contributed by atoms with E-state index in [1.54, 1.807) is 6.92 Å². The maximum Gasteiger partial charge on any atom is 0.336 e. The molecule has 0 amide bonds. The molecule has 0 saturated carbocycles. The molecule has 0 unspecified atom stereocenters. The third-order valence-electron chi connectivity index (χ3n) is 5.18. The number of sulfonamides is 1. The van der Waals surface area contributed by atoms with Crippen molar-refractivity contribution >= 4 is 27.0 Å². The fourth-order valence-corrected chi connectivity index (χ4v) is 5.31. The number of benzene rings is 1. The SMILES string of the molecule is CCCS(=O)(=O)N1CCC[C@@H]1C(=O)OCc1cc(=O)oc2c(C)c(C)ccc12. The number of hydrogen-bond donors (Lipinski definition) is 0. The van der Waals surface area contributed by atoms with Crippen molar-refractivity contribution in [3.05, 3.63) is 45.3 Å². The zero-order valence-electron chi connectivity index (χ0n) is 16.4. The standard InChI is InChI=1S/C20H25NO6S/c1-4-10-28(24,25)21-9-5-6-17(21)20(23)26-12-15-11-18(22)27-19-14(3)13(2)7-8-16(15)19/h7-8,11,17H,4-6,9-10,12H2,1-3H3/t17-/m1/s1. The third-order valence-corrected chi connectivity index (χ3v) is 7.26. The molecule has 0 N–H and O–H groups in total. The molecular weight excluding hydrogens is 382 g/mol. The molecule has 1 fully saturated rings. The van der Waals surface area contributed by atoms with Gasteiger partial charge < -0.3 is 9.15 Å². The first kappa shape index (κ1) is 20.5. The van der Waals surface area contributed by atoms with Crippen LogP contribution < -0.4 is 5.63 Å². The van der Waals surface area contributed by atoms with E-state index in [1.807, 2.05) is 26.0 Å². The molecular formula is C20H25NO6S. The van der Waals surface area contributed by atoms with E-state index in [0.717, 1.165) is 11.1 Å². The van der Waals surface area contributed by atoms with Gasteiger partial charge in [0.2, 0.25) is 10.0 Å².